The molecule has 0 saturated heterocycles. The first-order chi connectivity index (χ1) is 3.72. The van der Waals surface area contributed by atoms with Crippen LogP contribution < -0.4 is 5.73 Å². The minimum absolute atomic E-state index is 0.0833. The molecular weight excluding hydrogens is 114 g/mol. The van der Waals surface area contributed by atoms with Crippen LogP contribution in [0.25, 0.3) is 0 Å². The van der Waals surface area contributed by atoms with Crippen molar-refractivity contribution in [2.75, 3.05) is 0 Å². The molecule has 7 heteroatoms. The molecule has 0 unspecified atom stereocenters. The fourth-order valence-corrected chi connectivity index (χ4v) is 0.103. The van der Waals surface area contributed by atoms with E-state index >= 15 is 0 Å². The summed E-state index contributed by atoms with van der Waals surface area (Å²) in [7, 11) is 0. The van der Waals surface area contributed by atoms with Crippen molar-refractivity contribution in [1.29, 1.82) is 5.41 Å². The Morgan fingerprint density at radius 1 is 1.50 bits per heavy atom. The van der Waals surface area contributed by atoms with Gasteiger partial charge in [0.25, 0.3) is 0 Å². The number of nitrogens with two attached hydrogens (primary N) is 1. The summed E-state index contributed by atoms with van der Waals surface area (Å²) in [4.78, 5) is 18.7. The van der Waals surface area contributed by atoms with E-state index in [4.69, 9.17) is 5.41 Å². The number of nitrogens with zero attached hydrogens (tertiary/aromatic N) is 3. The van der Waals surface area contributed by atoms with Crippen LogP contribution in [0.3, 0.4) is 0 Å². The second kappa shape index (κ2) is 2.61. The van der Waals surface area contributed by atoms with Gasteiger partial charge in [0.15, 0.2) is 0 Å². The van der Waals surface area contributed by atoms with Crippen LogP contribution in [0.4, 0.5) is 0 Å². The SMILES string of the molecule is N=C(N)N(N=O)N=O. The fourth-order valence-electron chi connectivity index (χ4n) is 0.103. The van der Waals surface area contributed by atoms with Gasteiger partial charge in [-0.25, -0.2) is 0 Å². The van der Waals surface area contributed by atoms with E-state index in [0.29, 0.717) is 0 Å². The summed E-state index contributed by atoms with van der Waals surface area (Å²) in [5.74, 6) is -0.796. The zero-order valence-corrected chi connectivity index (χ0v) is 3.74. The van der Waals surface area contributed by atoms with Crippen molar-refractivity contribution in [3.05, 3.63) is 9.81 Å². The molecular formula is CH3N5O2. The van der Waals surface area contributed by atoms with Gasteiger partial charge in [0, 0.05) is 0 Å². The zero-order chi connectivity index (χ0) is 6.57. The number of nitroso groups, excluding NO2 is 2. The quantitative estimate of drug-likeness (QED) is 0.220. The summed E-state index contributed by atoms with van der Waals surface area (Å²) in [6.45, 7) is 0. The summed E-state index contributed by atoms with van der Waals surface area (Å²) in [6, 6.07) is 0. The van der Waals surface area contributed by atoms with E-state index in [1.165, 1.54) is 0 Å². The van der Waals surface area contributed by atoms with Gasteiger partial charge in [0.2, 0.25) is 5.96 Å². The van der Waals surface area contributed by atoms with Crippen molar-refractivity contribution in [3.8, 4) is 0 Å². The maximum atomic E-state index is 9.34. The van der Waals surface area contributed by atoms with Crippen LogP contribution in [0, 0.1) is 15.2 Å². The van der Waals surface area contributed by atoms with Gasteiger partial charge in [-0.2, -0.15) is 0 Å². The van der Waals surface area contributed by atoms with E-state index in [0.717, 1.165) is 0 Å². The molecule has 0 radical (unpaired) electrons. The molecule has 7 nitrogen and oxygen atoms in total. The van der Waals surface area contributed by atoms with Crippen LogP contribution in [0.15, 0.2) is 10.6 Å². The predicted octanol–water partition coefficient (Wildman–Crippen LogP) is -0.455. The first-order valence-corrected chi connectivity index (χ1v) is 1.53. The molecule has 8 heavy (non-hydrogen) atoms. The Labute approximate surface area is 43.9 Å². The monoisotopic (exact) mass is 117 g/mol. The van der Waals surface area contributed by atoms with E-state index in [1.807, 2.05) is 10.6 Å². The van der Waals surface area contributed by atoms with Gasteiger partial charge in [0.05, 0.1) is 10.6 Å². The Morgan fingerprint density at radius 2 is 1.88 bits per heavy atom. The van der Waals surface area contributed by atoms with Crippen LogP contribution in [-0.2, 0) is 0 Å². The maximum Gasteiger partial charge on any atom is 0.239 e. The minimum atomic E-state index is -0.796. The highest BCUT2D eigenvalue weighted by Crippen LogP contribution is 1.83. The lowest BCUT2D eigenvalue weighted by Crippen LogP contribution is -2.26. The van der Waals surface area contributed by atoms with Gasteiger partial charge in [0.1, 0.15) is 0 Å². The number of nitrogens with one attached hydrogen (secondary N) is 1. The Bertz CT molecular complexity index is 112. The van der Waals surface area contributed by atoms with Crippen molar-refractivity contribution in [3.63, 3.8) is 0 Å². The van der Waals surface area contributed by atoms with Crippen molar-refractivity contribution >= 4 is 5.96 Å². The predicted molar refractivity (Wildman–Crippen MR) is 25.3 cm³/mol. The first kappa shape index (κ1) is 6.47. The average molecular weight is 117 g/mol. The molecule has 0 fully saturated rings. The summed E-state index contributed by atoms with van der Waals surface area (Å²) in [6.07, 6.45) is 0. The van der Waals surface area contributed by atoms with E-state index in [1.54, 1.807) is 0 Å². The zero-order valence-electron chi connectivity index (χ0n) is 3.74. The molecule has 44 valence electrons. The van der Waals surface area contributed by atoms with Crippen molar-refractivity contribution in [2.24, 2.45) is 16.3 Å². The van der Waals surface area contributed by atoms with Gasteiger partial charge in [-0.1, -0.05) is 0 Å². The smallest absolute Gasteiger partial charge is 0.239 e. The lowest BCUT2D eigenvalue weighted by Gasteiger charge is -1.96. The molecule has 0 aliphatic heterocycles. The highest BCUT2D eigenvalue weighted by atomic mass is 16.4. The molecule has 0 aromatic rings. The third-order valence-electron chi connectivity index (χ3n) is 0.370. The molecule has 0 saturated carbocycles. The molecule has 0 atom stereocenters. The topological polar surface area (TPSA) is 112 Å². The van der Waals surface area contributed by atoms with Crippen molar-refractivity contribution in [1.82, 2.24) is 5.12 Å². The third-order valence-corrected chi connectivity index (χ3v) is 0.370. The number of rotatable bonds is 2. The molecule has 0 heterocycles. The molecule has 0 spiro atoms. The van der Waals surface area contributed by atoms with E-state index < -0.39 is 5.96 Å². The first-order valence-electron chi connectivity index (χ1n) is 1.53. The van der Waals surface area contributed by atoms with Crippen molar-refractivity contribution < 1.29 is 0 Å². The van der Waals surface area contributed by atoms with Gasteiger partial charge in [-0.3, -0.25) is 5.41 Å². The number of guanidine groups is 1. The second-order valence-electron chi connectivity index (χ2n) is 0.838. The summed E-state index contributed by atoms with van der Waals surface area (Å²) < 4.78 is 0. The highest BCUT2D eigenvalue weighted by Gasteiger charge is 2.02. The Hall–Kier alpha value is -1.53. The fraction of sp³-hybridized carbons (Fsp3) is 0. The maximum absolute atomic E-state index is 9.34. The number of hydrogen-bond acceptors (Lipinski definition) is 5. The standard InChI is InChI=1S/CH3N5O2/c2-1(3)6(4-7)5-8/h(H3,2,3). The normalized spacial score (nSPS) is 7.50. The molecule has 0 aliphatic rings. The minimum Gasteiger partial charge on any atom is -0.367 e. The van der Waals surface area contributed by atoms with E-state index in [2.05, 4.69) is 5.73 Å². The lowest BCUT2D eigenvalue weighted by atomic mass is 11.1. The molecule has 0 bridgehead atoms. The van der Waals surface area contributed by atoms with Gasteiger partial charge in [-0.05, 0) is 5.12 Å². The van der Waals surface area contributed by atoms with Crippen LogP contribution >= 0.6 is 0 Å². The third kappa shape index (κ3) is 1.29. The van der Waals surface area contributed by atoms with Crippen molar-refractivity contribution in [2.45, 2.75) is 0 Å². The van der Waals surface area contributed by atoms with E-state index in [-0.39, 0.29) is 5.12 Å². The van der Waals surface area contributed by atoms with Crippen LogP contribution in [0.1, 0.15) is 0 Å². The average Bonchev–Trinajstić information content (AvgIpc) is 1.69. The van der Waals surface area contributed by atoms with Crippen LogP contribution in [-0.4, -0.2) is 11.1 Å². The van der Waals surface area contributed by atoms with E-state index in [9.17, 15) is 9.81 Å². The van der Waals surface area contributed by atoms with Crippen LogP contribution in [0.2, 0.25) is 0 Å². The molecule has 0 aromatic heterocycles. The Morgan fingerprint density at radius 3 is 1.88 bits per heavy atom. The highest BCUT2D eigenvalue weighted by molar-refractivity contribution is 5.73. The van der Waals surface area contributed by atoms with Gasteiger partial charge in [-0.15, -0.1) is 9.81 Å². The molecule has 0 aromatic carbocycles. The molecule has 0 aliphatic carbocycles. The summed E-state index contributed by atoms with van der Waals surface area (Å²) in [5, 5.41) is 10.2. The Balaban J connectivity index is 3.88. The Kier molecular flexibility index (Phi) is 2.11. The lowest BCUT2D eigenvalue weighted by molar-refractivity contribution is 0.454. The molecule has 0 rings (SSSR count). The largest absolute Gasteiger partial charge is 0.367 e. The van der Waals surface area contributed by atoms with Crippen LogP contribution in [0.5, 0.6) is 0 Å². The van der Waals surface area contributed by atoms with Gasteiger partial charge < -0.3 is 5.73 Å². The summed E-state index contributed by atoms with van der Waals surface area (Å²) >= 11 is 0. The van der Waals surface area contributed by atoms with Gasteiger partial charge >= 0.3 is 0 Å². The molecule has 0 amide bonds. The molecule has 3 N–H and O–H groups in total. The summed E-state index contributed by atoms with van der Waals surface area (Å²) in [5.41, 5.74) is 4.58. The second-order valence-corrected chi connectivity index (χ2v) is 0.838. The number of hydrogen-bond donors (Lipinski definition) is 2.